The number of carbonyl (C=O) groups excluding carboxylic acids is 2. The number of hydrogen-bond donors (Lipinski definition) is 2. The van der Waals surface area contributed by atoms with Crippen molar-refractivity contribution in [2.75, 3.05) is 32.0 Å². The minimum atomic E-state index is -0.214. The molecule has 0 radical (unpaired) electrons. The van der Waals surface area contributed by atoms with Crippen LogP contribution in [-0.2, 0) is 13.0 Å². The Morgan fingerprint density at radius 2 is 1.71 bits per heavy atom. The number of rotatable bonds is 4. The lowest BCUT2D eigenvalue weighted by atomic mass is 10.0. The zero-order valence-electron chi connectivity index (χ0n) is 19.6. The van der Waals surface area contributed by atoms with Crippen LogP contribution in [0.4, 0.5) is 10.6 Å². The van der Waals surface area contributed by atoms with Gasteiger partial charge in [0.1, 0.15) is 0 Å². The summed E-state index contributed by atoms with van der Waals surface area (Å²) in [5.74, 6) is 0.277. The summed E-state index contributed by atoms with van der Waals surface area (Å²) in [6.45, 7) is 4.81. The molecule has 3 amide bonds. The van der Waals surface area contributed by atoms with Gasteiger partial charge in [0.15, 0.2) is 5.82 Å². The molecule has 0 spiro atoms. The summed E-state index contributed by atoms with van der Waals surface area (Å²) >= 11 is 0. The maximum Gasteiger partial charge on any atom is 0.321 e. The molecule has 184 valence electrons. The number of piperazine rings is 1. The van der Waals surface area contributed by atoms with E-state index in [2.05, 4.69) is 39.6 Å². The fraction of sp³-hybridized carbons (Fsp3) is 0.370. The van der Waals surface area contributed by atoms with Gasteiger partial charge in [0.25, 0.3) is 5.91 Å². The number of amides is 3. The number of likely N-dealkylation sites (N-methyl/N-ethyl adjacent to an activating group) is 1. The van der Waals surface area contributed by atoms with E-state index in [0.717, 1.165) is 30.8 Å². The highest BCUT2D eigenvalue weighted by atomic mass is 16.2. The molecule has 1 aromatic heterocycles. The average Bonchev–Trinajstić information content (AvgIpc) is 3.40. The first-order chi connectivity index (χ1) is 16.5. The number of fused-ring (bicyclic) bond motifs is 1. The van der Waals surface area contributed by atoms with Crippen molar-refractivity contribution in [1.82, 2.24) is 24.9 Å². The first kappa shape index (κ1) is 24.5. The lowest BCUT2D eigenvalue weighted by Gasteiger charge is -2.42. The highest BCUT2D eigenvalue weighted by Crippen LogP contribution is 2.37. The molecule has 2 atom stereocenters. The van der Waals surface area contributed by atoms with E-state index in [4.69, 9.17) is 0 Å². The molecular formula is C27H34N6O2. The topological polar surface area (TPSA) is 84.6 Å². The summed E-state index contributed by atoms with van der Waals surface area (Å²) in [4.78, 5) is 32.6. The van der Waals surface area contributed by atoms with Gasteiger partial charge >= 0.3 is 6.03 Å². The maximum absolute atomic E-state index is 13.8. The number of carbonyl (C=O) groups is 2. The molecule has 8 heteroatoms. The van der Waals surface area contributed by atoms with Crippen LogP contribution in [0.5, 0.6) is 0 Å². The molecule has 1 unspecified atom stereocenters. The Morgan fingerprint density at radius 3 is 2.43 bits per heavy atom. The van der Waals surface area contributed by atoms with Crippen LogP contribution < -0.4 is 5.32 Å². The van der Waals surface area contributed by atoms with E-state index in [-0.39, 0.29) is 31.4 Å². The zero-order chi connectivity index (χ0) is 23.7. The average molecular weight is 475 g/mol. The standard InChI is InChI=1S/C26H30N6O2.CH4/c1-18-23-22(24(29-28-23)27-25(33)20-11-7-4-8-12-20)17-32(18)26(34)31-14-13-30(2)16-21(31)15-19-9-5-3-6-10-19;/h3-12,18,21H,13-17H2,1-2H3,(H2,27,28,29,33);1H4/t18?,21-;/m0./s1. The molecule has 3 aromatic rings. The fourth-order valence-corrected chi connectivity index (χ4v) is 4.94. The first-order valence-electron chi connectivity index (χ1n) is 11.7. The van der Waals surface area contributed by atoms with Crippen LogP contribution in [0.25, 0.3) is 0 Å². The van der Waals surface area contributed by atoms with Gasteiger partial charge in [-0.05, 0) is 38.1 Å². The van der Waals surface area contributed by atoms with Gasteiger partial charge in [-0.2, -0.15) is 5.10 Å². The molecule has 2 aromatic carbocycles. The normalized spacial score (nSPS) is 19.7. The predicted molar refractivity (Wildman–Crippen MR) is 137 cm³/mol. The predicted octanol–water partition coefficient (Wildman–Crippen LogP) is 4.15. The summed E-state index contributed by atoms with van der Waals surface area (Å²) in [7, 11) is 2.11. The Morgan fingerprint density at radius 1 is 1.03 bits per heavy atom. The number of nitrogens with one attached hydrogen (secondary N) is 2. The van der Waals surface area contributed by atoms with Gasteiger partial charge in [0.2, 0.25) is 0 Å². The molecule has 1 fully saturated rings. The van der Waals surface area contributed by atoms with Gasteiger partial charge in [-0.1, -0.05) is 56.0 Å². The quantitative estimate of drug-likeness (QED) is 0.595. The van der Waals surface area contributed by atoms with Crippen LogP contribution in [-0.4, -0.2) is 69.6 Å². The molecule has 35 heavy (non-hydrogen) atoms. The van der Waals surface area contributed by atoms with E-state index in [9.17, 15) is 9.59 Å². The lowest BCUT2D eigenvalue weighted by molar-refractivity contribution is 0.0781. The molecular weight excluding hydrogens is 440 g/mol. The Labute approximate surface area is 206 Å². The number of hydrogen-bond acceptors (Lipinski definition) is 4. The van der Waals surface area contributed by atoms with E-state index >= 15 is 0 Å². The number of anilines is 1. The number of urea groups is 1. The van der Waals surface area contributed by atoms with E-state index < -0.39 is 0 Å². The largest absolute Gasteiger partial charge is 0.321 e. The zero-order valence-corrected chi connectivity index (χ0v) is 19.6. The van der Waals surface area contributed by atoms with Crippen LogP contribution >= 0.6 is 0 Å². The number of aromatic nitrogens is 2. The van der Waals surface area contributed by atoms with Gasteiger partial charge in [-0.15, -0.1) is 0 Å². The summed E-state index contributed by atoms with van der Waals surface area (Å²) in [6.07, 6.45) is 0.824. The third kappa shape index (κ3) is 4.93. The Balaban J connectivity index is 0.00000289. The third-order valence-electron chi connectivity index (χ3n) is 6.87. The molecule has 2 N–H and O–H groups in total. The lowest BCUT2D eigenvalue weighted by Crippen LogP contribution is -2.57. The second-order valence-corrected chi connectivity index (χ2v) is 9.17. The van der Waals surface area contributed by atoms with Crippen LogP contribution in [0, 0.1) is 0 Å². The van der Waals surface area contributed by atoms with E-state index in [1.54, 1.807) is 12.1 Å². The van der Waals surface area contributed by atoms with E-state index in [1.807, 2.05) is 53.1 Å². The first-order valence-corrected chi connectivity index (χ1v) is 11.7. The van der Waals surface area contributed by atoms with Crippen molar-refractivity contribution in [2.24, 2.45) is 0 Å². The number of nitrogens with zero attached hydrogens (tertiary/aromatic N) is 4. The molecule has 0 saturated carbocycles. The SMILES string of the molecule is C.CC1c2[nH]nc(NC(=O)c3ccccc3)c2CN1C(=O)N1CCN(C)C[C@@H]1Cc1ccccc1. The number of aromatic amines is 1. The minimum Gasteiger partial charge on any atom is -0.319 e. The van der Waals surface area contributed by atoms with Crippen LogP contribution in [0.1, 0.15) is 47.6 Å². The van der Waals surface area contributed by atoms with Crippen LogP contribution in [0.2, 0.25) is 0 Å². The van der Waals surface area contributed by atoms with Gasteiger partial charge in [0, 0.05) is 30.8 Å². The van der Waals surface area contributed by atoms with Gasteiger partial charge in [0.05, 0.1) is 24.3 Å². The molecule has 2 aliphatic heterocycles. The highest BCUT2D eigenvalue weighted by Gasteiger charge is 2.39. The Kier molecular flexibility index (Phi) is 7.21. The van der Waals surface area contributed by atoms with Crippen LogP contribution in [0.15, 0.2) is 60.7 Å². The monoisotopic (exact) mass is 474 g/mol. The smallest absolute Gasteiger partial charge is 0.319 e. The summed E-state index contributed by atoms with van der Waals surface area (Å²) in [6, 6.07) is 19.4. The highest BCUT2D eigenvalue weighted by molar-refractivity contribution is 6.04. The van der Waals surface area contributed by atoms with Crippen molar-refractivity contribution in [3.8, 4) is 0 Å². The van der Waals surface area contributed by atoms with Crippen molar-refractivity contribution >= 4 is 17.8 Å². The second kappa shape index (κ2) is 10.3. The van der Waals surface area contributed by atoms with E-state index in [0.29, 0.717) is 24.5 Å². The fourth-order valence-electron chi connectivity index (χ4n) is 4.94. The summed E-state index contributed by atoms with van der Waals surface area (Å²) < 4.78 is 0. The molecule has 8 nitrogen and oxygen atoms in total. The van der Waals surface area contributed by atoms with Crippen molar-refractivity contribution in [3.05, 3.63) is 83.0 Å². The molecule has 1 saturated heterocycles. The number of H-pyrrole nitrogens is 1. The van der Waals surface area contributed by atoms with Crippen molar-refractivity contribution in [1.29, 1.82) is 0 Å². The van der Waals surface area contributed by atoms with Gasteiger partial charge < -0.3 is 20.0 Å². The summed E-state index contributed by atoms with van der Waals surface area (Å²) in [5, 5.41) is 10.3. The molecule has 0 aliphatic carbocycles. The Bertz CT molecular complexity index is 1160. The minimum absolute atomic E-state index is 0. The molecule has 5 rings (SSSR count). The maximum atomic E-state index is 13.8. The Hall–Kier alpha value is -3.65. The van der Waals surface area contributed by atoms with Gasteiger partial charge in [-0.3, -0.25) is 9.89 Å². The van der Waals surface area contributed by atoms with Crippen molar-refractivity contribution in [2.45, 2.75) is 39.4 Å². The van der Waals surface area contributed by atoms with E-state index in [1.165, 1.54) is 5.56 Å². The molecule has 2 aliphatic rings. The molecule has 3 heterocycles. The van der Waals surface area contributed by atoms with Crippen molar-refractivity contribution < 1.29 is 9.59 Å². The molecule has 0 bridgehead atoms. The second-order valence-electron chi connectivity index (χ2n) is 9.17. The summed E-state index contributed by atoms with van der Waals surface area (Å²) in [5.41, 5.74) is 3.55. The van der Waals surface area contributed by atoms with Crippen molar-refractivity contribution in [3.63, 3.8) is 0 Å². The van der Waals surface area contributed by atoms with Gasteiger partial charge in [-0.25, -0.2) is 4.79 Å². The number of benzene rings is 2. The van der Waals surface area contributed by atoms with Crippen LogP contribution in [0.3, 0.4) is 0 Å². The third-order valence-corrected chi connectivity index (χ3v) is 6.87.